The summed E-state index contributed by atoms with van der Waals surface area (Å²) in [5.74, 6) is 6.59. The van der Waals surface area contributed by atoms with E-state index in [-0.39, 0.29) is 50.2 Å². The van der Waals surface area contributed by atoms with E-state index in [4.69, 9.17) is 18.9 Å². The molecule has 0 bridgehead atoms. The zero-order valence-corrected chi connectivity index (χ0v) is 33.8. The fraction of sp³-hybridized carbons (Fsp3) is 0.298. The third-order valence-corrected chi connectivity index (χ3v) is 11.3. The molecule has 14 heteroatoms. The van der Waals surface area contributed by atoms with E-state index in [0.29, 0.717) is 53.5 Å². The Morgan fingerprint density at radius 1 is 0.885 bits per heavy atom. The summed E-state index contributed by atoms with van der Waals surface area (Å²) in [4.78, 5) is 51.7. The van der Waals surface area contributed by atoms with Crippen molar-refractivity contribution in [3.05, 3.63) is 108 Å². The molecular formula is C47H41N7O7. The molecule has 6 heterocycles. The summed E-state index contributed by atoms with van der Waals surface area (Å²) < 4.78 is 26.3. The monoisotopic (exact) mass is 815 g/mol. The van der Waals surface area contributed by atoms with Crippen LogP contribution in [0, 0.1) is 23.2 Å². The van der Waals surface area contributed by atoms with Crippen molar-refractivity contribution in [2.24, 2.45) is 7.05 Å². The lowest BCUT2D eigenvalue weighted by molar-refractivity contribution is -0.136. The molecular weight excluding hydrogens is 775 g/mol. The molecule has 306 valence electrons. The maximum atomic E-state index is 13.0. The second-order valence-corrected chi connectivity index (χ2v) is 15.9. The largest absolute Gasteiger partial charge is 0.491 e. The van der Waals surface area contributed by atoms with Gasteiger partial charge in [-0.2, -0.15) is 5.26 Å². The van der Waals surface area contributed by atoms with E-state index in [1.807, 2.05) is 50.6 Å². The first-order valence-corrected chi connectivity index (χ1v) is 20.1. The van der Waals surface area contributed by atoms with Crippen molar-refractivity contribution in [3.63, 3.8) is 0 Å². The van der Waals surface area contributed by atoms with Crippen molar-refractivity contribution < 1.29 is 33.3 Å². The van der Waals surface area contributed by atoms with Crippen LogP contribution in [0.2, 0.25) is 0 Å². The number of nitrogens with zero attached hydrogens (tertiary/aromatic N) is 6. The zero-order chi connectivity index (χ0) is 42.3. The molecule has 3 aliphatic rings. The number of aromatic nitrogens is 4. The first-order valence-electron chi connectivity index (χ1n) is 20.1. The lowest BCUT2D eigenvalue weighted by Gasteiger charge is -2.35. The number of imide groups is 1. The SMILES string of the molecule is Cn1c2ccncc2c2ccc(-c3ccc(OC4CC(Oc5cnc(C#CC(C)(C)OCCOc6ccc7c(c6)CN(C6CCC(=O)NC6=O)C7=O)cc5C#N)C4)nc3)cc21. The molecule has 1 unspecified atom stereocenters. The van der Waals surface area contributed by atoms with Crippen molar-refractivity contribution >= 4 is 39.5 Å². The number of aryl methyl sites for hydroxylation is 1. The first kappa shape index (κ1) is 39.2. The minimum Gasteiger partial charge on any atom is -0.491 e. The molecule has 1 aliphatic carbocycles. The van der Waals surface area contributed by atoms with Crippen molar-refractivity contribution in [2.75, 3.05) is 13.2 Å². The second-order valence-electron chi connectivity index (χ2n) is 15.9. The summed E-state index contributed by atoms with van der Waals surface area (Å²) >= 11 is 0. The minimum atomic E-state index is -0.847. The molecule has 0 spiro atoms. The number of carbonyl (C=O) groups is 3. The van der Waals surface area contributed by atoms with Crippen LogP contribution in [0.25, 0.3) is 32.9 Å². The Morgan fingerprint density at radius 2 is 1.72 bits per heavy atom. The highest BCUT2D eigenvalue weighted by Gasteiger charge is 2.39. The van der Waals surface area contributed by atoms with Crippen LogP contribution < -0.4 is 19.5 Å². The summed E-state index contributed by atoms with van der Waals surface area (Å²) in [6.07, 6.45) is 8.68. The van der Waals surface area contributed by atoms with Gasteiger partial charge in [-0.15, -0.1) is 0 Å². The number of nitrogens with one attached hydrogen (secondary N) is 1. The third kappa shape index (κ3) is 8.06. The van der Waals surface area contributed by atoms with Crippen LogP contribution in [0.5, 0.6) is 17.4 Å². The standard InChI is InChI=1S/C47H41N7O7/c1-47(2,59-17-16-58-33-6-8-36-31(19-33)27-54(46(36)57)40-9-10-43(55)52-45(40)56)14-12-32-18-30(23-48)42(26-50-32)60-34-21-35(22-34)61-44-11-5-29(24-51-44)28-4-7-37-38-25-49-15-13-39(38)53(3)41(37)20-28/h4-8,11,13,15,18-20,24-26,34-35,40H,9-10,16-17,21-22,27H2,1-3H3,(H,52,55,56). The third-order valence-electron chi connectivity index (χ3n) is 11.3. The van der Waals surface area contributed by atoms with Gasteiger partial charge in [0.15, 0.2) is 5.75 Å². The van der Waals surface area contributed by atoms with Gasteiger partial charge in [0.05, 0.1) is 23.9 Å². The summed E-state index contributed by atoms with van der Waals surface area (Å²) in [6, 6.07) is 20.7. The fourth-order valence-electron chi connectivity index (χ4n) is 7.95. The predicted octanol–water partition coefficient (Wildman–Crippen LogP) is 6.03. The quantitative estimate of drug-likeness (QED) is 0.0920. The van der Waals surface area contributed by atoms with Crippen LogP contribution in [-0.2, 0) is 27.9 Å². The van der Waals surface area contributed by atoms with E-state index in [1.54, 1.807) is 24.3 Å². The van der Waals surface area contributed by atoms with E-state index in [2.05, 4.69) is 68.0 Å². The Labute approximate surface area is 351 Å². The van der Waals surface area contributed by atoms with Gasteiger partial charge in [0.2, 0.25) is 17.7 Å². The van der Waals surface area contributed by atoms with E-state index in [0.717, 1.165) is 38.5 Å². The first-order chi connectivity index (χ1) is 29.5. The molecule has 4 aromatic heterocycles. The highest BCUT2D eigenvalue weighted by Crippen LogP contribution is 2.34. The number of piperidine rings is 1. The minimum absolute atomic E-state index is 0.0581. The Morgan fingerprint density at radius 3 is 2.52 bits per heavy atom. The topological polar surface area (TPSA) is 171 Å². The Kier molecular flexibility index (Phi) is 10.3. The average molecular weight is 816 g/mol. The molecule has 1 atom stereocenters. The van der Waals surface area contributed by atoms with Crippen LogP contribution in [0.3, 0.4) is 0 Å². The van der Waals surface area contributed by atoms with E-state index in [1.165, 1.54) is 11.1 Å². The van der Waals surface area contributed by atoms with Gasteiger partial charge in [0.25, 0.3) is 5.91 Å². The number of nitriles is 1. The Hall–Kier alpha value is -7.29. The summed E-state index contributed by atoms with van der Waals surface area (Å²) in [5.41, 5.74) is 5.50. The van der Waals surface area contributed by atoms with Crippen LogP contribution in [0.4, 0.5) is 0 Å². The number of hydrogen-bond donors (Lipinski definition) is 1. The maximum absolute atomic E-state index is 13.0. The molecule has 61 heavy (non-hydrogen) atoms. The molecule has 2 aliphatic heterocycles. The van der Waals surface area contributed by atoms with E-state index in [9.17, 15) is 19.6 Å². The Bertz CT molecular complexity index is 2830. The molecule has 6 aromatic rings. The molecule has 2 fully saturated rings. The number of pyridine rings is 3. The summed E-state index contributed by atoms with van der Waals surface area (Å²) in [7, 11) is 2.06. The van der Waals surface area contributed by atoms with Gasteiger partial charge in [-0.05, 0) is 79.8 Å². The van der Waals surface area contributed by atoms with Crippen LogP contribution in [-0.4, -0.2) is 79.2 Å². The van der Waals surface area contributed by atoms with Gasteiger partial charge in [-0.3, -0.25) is 24.7 Å². The fourth-order valence-corrected chi connectivity index (χ4v) is 7.95. The highest BCUT2D eigenvalue weighted by atomic mass is 16.5. The molecule has 1 saturated heterocycles. The molecule has 3 amide bonds. The van der Waals surface area contributed by atoms with E-state index >= 15 is 0 Å². The van der Waals surface area contributed by atoms with Crippen LogP contribution >= 0.6 is 0 Å². The molecule has 1 saturated carbocycles. The number of carbonyl (C=O) groups excluding carboxylic acids is 3. The van der Waals surface area contributed by atoms with E-state index < -0.39 is 17.6 Å². The average Bonchev–Trinajstić information content (AvgIpc) is 3.73. The number of hydrogen-bond acceptors (Lipinski definition) is 11. The number of ether oxygens (including phenoxy) is 4. The normalized spacial score (nSPS) is 18.5. The maximum Gasteiger partial charge on any atom is 0.255 e. The van der Waals surface area contributed by atoms with Crippen molar-refractivity contribution in [3.8, 4) is 46.4 Å². The second kappa shape index (κ2) is 16.0. The number of fused-ring (bicyclic) bond motifs is 4. The zero-order valence-electron chi connectivity index (χ0n) is 33.8. The molecule has 9 rings (SSSR count). The van der Waals surface area contributed by atoms with Gasteiger partial charge < -0.3 is 28.4 Å². The summed E-state index contributed by atoms with van der Waals surface area (Å²) in [5, 5.41) is 14.5. The number of rotatable bonds is 11. The molecule has 14 nitrogen and oxygen atoms in total. The van der Waals surface area contributed by atoms with Gasteiger partial charge in [-0.1, -0.05) is 18.1 Å². The smallest absolute Gasteiger partial charge is 0.255 e. The number of amides is 3. The molecule has 2 aromatic carbocycles. The van der Waals surface area contributed by atoms with Gasteiger partial charge in [0.1, 0.15) is 48.0 Å². The highest BCUT2D eigenvalue weighted by molar-refractivity contribution is 6.08. The van der Waals surface area contributed by atoms with Gasteiger partial charge in [-0.25, -0.2) is 9.97 Å². The lowest BCUT2D eigenvalue weighted by Crippen LogP contribution is -2.52. The van der Waals surface area contributed by atoms with Crippen LogP contribution in [0.15, 0.2) is 85.5 Å². The summed E-state index contributed by atoms with van der Waals surface area (Å²) in [6.45, 7) is 4.39. The molecule has 1 N–H and O–H groups in total. The van der Waals surface area contributed by atoms with Crippen LogP contribution in [0.1, 0.15) is 66.7 Å². The van der Waals surface area contributed by atoms with Gasteiger partial charge in [0, 0.05) is 84.9 Å². The number of benzene rings is 2. The lowest BCUT2D eigenvalue weighted by atomic mass is 9.92. The molecule has 0 radical (unpaired) electrons. The van der Waals surface area contributed by atoms with Crippen molar-refractivity contribution in [1.29, 1.82) is 5.26 Å². The van der Waals surface area contributed by atoms with Gasteiger partial charge >= 0.3 is 0 Å². The van der Waals surface area contributed by atoms with Crippen molar-refractivity contribution in [1.82, 2.24) is 29.7 Å². The predicted molar refractivity (Wildman–Crippen MR) is 223 cm³/mol. The van der Waals surface area contributed by atoms with Crippen molar-refractivity contribution in [2.45, 2.75) is 69.9 Å². The Balaban J connectivity index is 0.730.